The largest absolute Gasteiger partial charge is 0.355 e. The zero-order valence-corrected chi connectivity index (χ0v) is 16.0. The van der Waals surface area contributed by atoms with Crippen LogP contribution < -0.4 is 10.6 Å². The minimum atomic E-state index is 0.555. The zero-order valence-electron chi connectivity index (χ0n) is 16.0. The molecule has 0 saturated heterocycles. The molecule has 3 unspecified atom stereocenters. The van der Waals surface area contributed by atoms with Crippen molar-refractivity contribution < 1.29 is 0 Å². The summed E-state index contributed by atoms with van der Waals surface area (Å²) in [5.41, 5.74) is 0.985. The highest BCUT2D eigenvalue weighted by Crippen LogP contribution is 2.44. The fourth-order valence-electron chi connectivity index (χ4n) is 4.44. The summed E-state index contributed by atoms with van der Waals surface area (Å²) in [4.78, 5) is 9.17. The first-order chi connectivity index (χ1) is 13.3. The van der Waals surface area contributed by atoms with Crippen LogP contribution in [0, 0.1) is 11.8 Å². The van der Waals surface area contributed by atoms with Crippen LogP contribution in [-0.4, -0.2) is 38.3 Å². The van der Waals surface area contributed by atoms with Gasteiger partial charge in [-0.1, -0.05) is 19.4 Å². The van der Waals surface area contributed by atoms with Gasteiger partial charge in [0.1, 0.15) is 12.2 Å². The van der Waals surface area contributed by atoms with Crippen molar-refractivity contribution >= 4 is 5.96 Å². The molecule has 0 aliphatic heterocycles. The van der Waals surface area contributed by atoms with Gasteiger partial charge in [-0.3, -0.25) is 4.98 Å². The molecular weight excluding hydrogens is 338 g/mol. The molecule has 2 N–H and O–H groups in total. The fourth-order valence-corrected chi connectivity index (χ4v) is 4.44. The molecule has 2 fully saturated rings. The van der Waals surface area contributed by atoms with Crippen molar-refractivity contribution in [3.8, 4) is 0 Å². The van der Waals surface area contributed by atoms with Crippen molar-refractivity contribution in [3.63, 3.8) is 0 Å². The van der Waals surface area contributed by atoms with E-state index >= 15 is 0 Å². The van der Waals surface area contributed by atoms with E-state index in [1.54, 1.807) is 6.33 Å². The Bertz CT molecular complexity index is 755. The number of guanidine groups is 1. The first-order valence-corrected chi connectivity index (χ1v) is 10.1. The van der Waals surface area contributed by atoms with Crippen molar-refractivity contribution in [2.24, 2.45) is 16.8 Å². The molecule has 2 saturated carbocycles. The van der Waals surface area contributed by atoms with Crippen molar-refractivity contribution in [1.82, 2.24) is 30.4 Å². The monoisotopic (exact) mass is 367 g/mol. The van der Waals surface area contributed by atoms with E-state index in [9.17, 15) is 0 Å². The van der Waals surface area contributed by atoms with Crippen LogP contribution in [0.1, 0.15) is 44.1 Å². The number of hydrogen-bond donors (Lipinski definition) is 2. The highest BCUT2D eigenvalue weighted by molar-refractivity contribution is 5.80. The average molecular weight is 368 g/mol. The second-order valence-corrected chi connectivity index (χ2v) is 7.63. The van der Waals surface area contributed by atoms with E-state index < -0.39 is 0 Å². The van der Waals surface area contributed by atoms with Gasteiger partial charge in [-0.2, -0.15) is 0 Å². The molecule has 2 aliphatic carbocycles. The van der Waals surface area contributed by atoms with E-state index in [1.807, 2.05) is 24.4 Å². The summed E-state index contributed by atoms with van der Waals surface area (Å²) >= 11 is 0. The van der Waals surface area contributed by atoms with Gasteiger partial charge >= 0.3 is 0 Å². The minimum absolute atomic E-state index is 0.555. The Morgan fingerprint density at radius 2 is 2.26 bits per heavy atom. The lowest BCUT2D eigenvalue weighted by atomic mass is 9.95. The molecule has 2 heterocycles. The van der Waals surface area contributed by atoms with Crippen LogP contribution in [0.15, 0.2) is 35.7 Å². The summed E-state index contributed by atoms with van der Waals surface area (Å²) in [7, 11) is 0. The van der Waals surface area contributed by atoms with Crippen LogP contribution >= 0.6 is 0 Å². The quantitative estimate of drug-likeness (QED) is 0.579. The van der Waals surface area contributed by atoms with Crippen molar-refractivity contribution in [2.45, 2.75) is 58.2 Å². The number of aromatic nitrogens is 4. The molecule has 0 amide bonds. The summed E-state index contributed by atoms with van der Waals surface area (Å²) in [5.74, 6) is 3.63. The number of nitrogens with one attached hydrogen (secondary N) is 2. The van der Waals surface area contributed by atoms with Gasteiger partial charge in [-0.15, -0.1) is 10.2 Å². The molecule has 2 aliphatic rings. The molecule has 2 aromatic heterocycles. The minimum Gasteiger partial charge on any atom is -0.355 e. The van der Waals surface area contributed by atoms with Gasteiger partial charge < -0.3 is 15.2 Å². The summed E-state index contributed by atoms with van der Waals surface area (Å²) in [5, 5.41) is 15.4. The van der Waals surface area contributed by atoms with E-state index in [0.29, 0.717) is 12.6 Å². The summed E-state index contributed by atoms with van der Waals surface area (Å²) in [6.07, 6.45) is 9.94. The molecule has 4 rings (SSSR count). The smallest absolute Gasteiger partial charge is 0.191 e. The first-order valence-electron chi connectivity index (χ1n) is 10.1. The van der Waals surface area contributed by atoms with Gasteiger partial charge in [-0.25, -0.2) is 4.99 Å². The molecule has 0 spiro atoms. The van der Waals surface area contributed by atoms with Crippen LogP contribution in [0.5, 0.6) is 0 Å². The topological polar surface area (TPSA) is 80.0 Å². The van der Waals surface area contributed by atoms with Gasteiger partial charge in [0.05, 0.1) is 12.2 Å². The number of aryl methyl sites for hydroxylation is 1. The van der Waals surface area contributed by atoms with Crippen molar-refractivity contribution in [1.29, 1.82) is 0 Å². The SMILES string of the molecule is CCc1nncn1CCNC(=NCc1ccccn1)NC1CC2CCC1C2. The Balaban J connectivity index is 1.37. The van der Waals surface area contributed by atoms with Gasteiger partial charge in [-0.05, 0) is 43.2 Å². The third kappa shape index (κ3) is 4.46. The van der Waals surface area contributed by atoms with Crippen LogP contribution in [0.2, 0.25) is 0 Å². The number of fused-ring (bicyclic) bond motifs is 2. The standard InChI is InChI=1S/C20H29N7/c1-2-19-26-24-14-27(19)10-9-22-20(23-13-17-5-3-4-8-21-17)25-18-12-15-6-7-16(18)11-15/h3-5,8,14-16,18H,2,6-7,9-13H2,1H3,(H2,22,23,25). The van der Waals surface area contributed by atoms with Gasteiger partial charge in [0.15, 0.2) is 5.96 Å². The van der Waals surface area contributed by atoms with Crippen LogP contribution in [0.3, 0.4) is 0 Å². The molecule has 0 aromatic carbocycles. The third-order valence-corrected chi connectivity index (χ3v) is 5.84. The van der Waals surface area contributed by atoms with Crippen LogP contribution in [0.4, 0.5) is 0 Å². The van der Waals surface area contributed by atoms with E-state index in [2.05, 4.69) is 37.3 Å². The summed E-state index contributed by atoms with van der Waals surface area (Å²) in [6.45, 7) is 4.31. The predicted octanol–water partition coefficient (Wildman–Crippen LogP) is 2.16. The van der Waals surface area contributed by atoms with Crippen LogP contribution in [-0.2, 0) is 19.5 Å². The molecule has 2 aromatic rings. The third-order valence-electron chi connectivity index (χ3n) is 5.84. The molecule has 27 heavy (non-hydrogen) atoms. The molecule has 2 bridgehead atoms. The van der Waals surface area contributed by atoms with E-state index in [0.717, 1.165) is 48.8 Å². The van der Waals surface area contributed by atoms with Crippen LogP contribution in [0.25, 0.3) is 0 Å². The lowest BCUT2D eigenvalue weighted by Gasteiger charge is -2.25. The number of nitrogens with zero attached hydrogens (tertiary/aromatic N) is 5. The second kappa shape index (κ2) is 8.50. The van der Waals surface area contributed by atoms with E-state index in [-0.39, 0.29) is 0 Å². The van der Waals surface area contributed by atoms with Gasteiger partial charge in [0.25, 0.3) is 0 Å². The molecule has 3 atom stereocenters. The Kier molecular flexibility index (Phi) is 5.65. The number of hydrogen-bond acceptors (Lipinski definition) is 4. The first kappa shape index (κ1) is 17.9. The number of rotatable bonds is 7. The Hall–Kier alpha value is -2.44. The van der Waals surface area contributed by atoms with Crippen molar-refractivity contribution in [3.05, 3.63) is 42.2 Å². The van der Waals surface area contributed by atoms with Crippen molar-refractivity contribution in [2.75, 3.05) is 6.54 Å². The summed E-state index contributed by atoms with van der Waals surface area (Å²) in [6, 6.07) is 6.51. The maximum absolute atomic E-state index is 4.79. The highest BCUT2D eigenvalue weighted by Gasteiger charge is 2.39. The predicted molar refractivity (Wildman–Crippen MR) is 105 cm³/mol. The Labute approximate surface area is 160 Å². The Morgan fingerprint density at radius 3 is 3.00 bits per heavy atom. The second-order valence-electron chi connectivity index (χ2n) is 7.63. The summed E-state index contributed by atoms with van der Waals surface area (Å²) < 4.78 is 2.10. The average Bonchev–Trinajstić information content (AvgIpc) is 3.43. The van der Waals surface area contributed by atoms with Gasteiger partial charge in [0, 0.05) is 31.7 Å². The van der Waals surface area contributed by atoms with Gasteiger partial charge in [0.2, 0.25) is 0 Å². The lowest BCUT2D eigenvalue weighted by molar-refractivity contribution is 0.386. The fraction of sp³-hybridized carbons (Fsp3) is 0.600. The maximum atomic E-state index is 4.79. The van der Waals surface area contributed by atoms with E-state index in [4.69, 9.17) is 4.99 Å². The normalized spacial score (nSPS) is 24.3. The molecule has 0 radical (unpaired) electrons. The maximum Gasteiger partial charge on any atom is 0.191 e. The van der Waals surface area contributed by atoms with E-state index in [1.165, 1.54) is 25.7 Å². The number of aliphatic imine (C=N–C) groups is 1. The molecule has 7 heteroatoms. The lowest BCUT2D eigenvalue weighted by Crippen LogP contribution is -2.46. The Morgan fingerprint density at radius 1 is 1.30 bits per heavy atom. The molecular formula is C20H29N7. The number of pyridine rings is 1. The molecule has 7 nitrogen and oxygen atoms in total. The molecule has 144 valence electrons. The highest BCUT2D eigenvalue weighted by atomic mass is 15.3. The zero-order chi connectivity index (χ0) is 18.5.